The number of aliphatic imine (C=N–C) groups is 1. The maximum Gasteiger partial charge on any atom is 0.229 e. The van der Waals surface area contributed by atoms with Gasteiger partial charge in [0.15, 0.2) is 5.17 Å². The minimum atomic E-state index is -1.28. The molecule has 8 heteroatoms. The van der Waals surface area contributed by atoms with Gasteiger partial charge in [-0.1, -0.05) is 35.0 Å². The highest BCUT2D eigenvalue weighted by Crippen LogP contribution is 2.30. The van der Waals surface area contributed by atoms with E-state index in [4.69, 9.17) is 23.2 Å². The number of halogens is 2. The minimum absolute atomic E-state index is 0.112. The van der Waals surface area contributed by atoms with Crippen LogP contribution in [-0.4, -0.2) is 34.2 Å². The van der Waals surface area contributed by atoms with Crippen molar-refractivity contribution in [2.45, 2.75) is 11.7 Å². The number of benzene rings is 1. The van der Waals surface area contributed by atoms with Crippen molar-refractivity contribution >= 4 is 57.7 Å². The third-order valence-electron chi connectivity index (χ3n) is 2.60. The molecule has 1 aliphatic rings. The van der Waals surface area contributed by atoms with Crippen molar-refractivity contribution in [3.8, 4) is 0 Å². The van der Waals surface area contributed by atoms with Crippen LogP contribution < -0.4 is 5.11 Å². The number of carbonyl (C=O) groups is 2. The summed E-state index contributed by atoms with van der Waals surface area (Å²) in [5.74, 6) is -1.61. The number of carbonyl (C=O) groups excluding carboxylic acids is 2. The first-order chi connectivity index (χ1) is 9.36. The molecule has 0 spiro atoms. The van der Waals surface area contributed by atoms with Crippen molar-refractivity contribution in [1.82, 2.24) is 4.90 Å². The number of amides is 1. The van der Waals surface area contributed by atoms with E-state index in [9.17, 15) is 14.7 Å². The van der Waals surface area contributed by atoms with Crippen LogP contribution in [0, 0.1) is 0 Å². The molecule has 5 nitrogen and oxygen atoms in total. The smallest absolute Gasteiger partial charge is 0.229 e. The summed E-state index contributed by atoms with van der Waals surface area (Å²) in [5, 5.41) is 11.1. The summed E-state index contributed by atoms with van der Waals surface area (Å²) in [6, 6.07) is 4.70. The summed E-state index contributed by atoms with van der Waals surface area (Å²) >= 11 is 12.7. The van der Waals surface area contributed by atoms with Gasteiger partial charge in [-0.2, -0.15) is 0 Å². The molecule has 20 heavy (non-hydrogen) atoms. The van der Waals surface area contributed by atoms with Crippen molar-refractivity contribution in [3.63, 3.8) is 0 Å². The van der Waals surface area contributed by atoms with E-state index in [0.29, 0.717) is 15.7 Å². The molecular formula is C12H9Cl2N2O3S-. The molecule has 1 heterocycles. The molecule has 0 aromatic heterocycles. The van der Waals surface area contributed by atoms with Crippen LogP contribution in [0.1, 0.15) is 6.42 Å². The average Bonchev–Trinajstić information content (AvgIpc) is 2.33. The second-order valence-electron chi connectivity index (χ2n) is 4.10. The zero-order chi connectivity index (χ0) is 14.9. The second kappa shape index (κ2) is 6.03. The van der Waals surface area contributed by atoms with E-state index >= 15 is 0 Å². The number of nitrogens with zero attached hydrogens (tertiary/aromatic N) is 2. The van der Waals surface area contributed by atoms with Crippen molar-refractivity contribution in [2.24, 2.45) is 4.99 Å². The number of carboxylic acid groups (broad SMARTS) is 1. The first kappa shape index (κ1) is 15.2. The van der Waals surface area contributed by atoms with Gasteiger partial charge in [-0.15, -0.1) is 0 Å². The average molecular weight is 332 g/mol. The van der Waals surface area contributed by atoms with Crippen molar-refractivity contribution in [1.29, 1.82) is 0 Å². The Morgan fingerprint density at radius 1 is 1.40 bits per heavy atom. The van der Waals surface area contributed by atoms with E-state index in [2.05, 4.69) is 4.99 Å². The van der Waals surface area contributed by atoms with Gasteiger partial charge >= 0.3 is 0 Å². The molecule has 1 fully saturated rings. The normalized spacial score (nSPS) is 21.4. The van der Waals surface area contributed by atoms with Crippen LogP contribution in [0.2, 0.25) is 10.0 Å². The molecule has 0 N–H and O–H groups in total. The summed E-state index contributed by atoms with van der Waals surface area (Å²) in [5.41, 5.74) is 0.448. The Hall–Kier alpha value is -1.24. The molecule has 0 saturated carbocycles. The zero-order valence-electron chi connectivity index (χ0n) is 10.3. The van der Waals surface area contributed by atoms with Gasteiger partial charge in [-0.3, -0.25) is 9.69 Å². The van der Waals surface area contributed by atoms with Gasteiger partial charge < -0.3 is 9.90 Å². The minimum Gasteiger partial charge on any atom is -0.549 e. The van der Waals surface area contributed by atoms with Gasteiger partial charge in [-0.25, -0.2) is 4.99 Å². The Morgan fingerprint density at radius 3 is 2.55 bits per heavy atom. The topological polar surface area (TPSA) is 72.8 Å². The number of thioether (sulfide) groups is 1. The highest BCUT2D eigenvalue weighted by molar-refractivity contribution is 8.15. The van der Waals surface area contributed by atoms with Crippen LogP contribution in [0.4, 0.5) is 5.69 Å². The zero-order valence-corrected chi connectivity index (χ0v) is 12.6. The third-order valence-corrected chi connectivity index (χ3v) is 4.26. The highest BCUT2D eigenvalue weighted by atomic mass is 35.5. The molecule has 0 unspecified atom stereocenters. The van der Waals surface area contributed by atoms with Crippen LogP contribution in [0.25, 0.3) is 0 Å². The predicted molar refractivity (Wildman–Crippen MR) is 77.3 cm³/mol. The molecule has 0 aliphatic carbocycles. The largest absolute Gasteiger partial charge is 0.549 e. The third kappa shape index (κ3) is 3.45. The van der Waals surface area contributed by atoms with Crippen molar-refractivity contribution in [2.75, 3.05) is 7.05 Å². The molecule has 1 amide bonds. The summed E-state index contributed by atoms with van der Waals surface area (Å²) in [7, 11) is 1.53. The van der Waals surface area contributed by atoms with E-state index in [1.54, 1.807) is 18.2 Å². The highest BCUT2D eigenvalue weighted by Gasteiger charge is 2.30. The monoisotopic (exact) mass is 331 g/mol. The van der Waals surface area contributed by atoms with E-state index in [1.807, 2.05) is 0 Å². The molecule has 1 aromatic carbocycles. The van der Waals surface area contributed by atoms with Gasteiger partial charge in [0.1, 0.15) is 0 Å². The standard InChI is InChI=1S/C12H10Cl2N2O3S/c1-16-10(17)5-9(11(18)19)20-12(16)15-8-3-6(13)2-7(14)4-8/h2-4,9H,5H2,1H3,(H,18,19)/p-1/t9-/m0/s1. The van der Waals surface area contributed by atoms with E-state index in [1.165, 1.54) is 11.9 Å². The fraction of sp³-hybridized carbons (Fsp3) is 0.250. The van der Waals surface area contributed by atoms with Crippen LogP contribution in [0.5, 0.6) is 0 Å². The van der Waals surface area contributed by atoms with Gasteiger partial charge in [-0.05, 0) is 18.2 Å². The Kier molecular flexibility index (Phi) is 4.57. The lowest BCUT2D eigenvalue weighted by atomic mass is 10.3. The fourth-order valence-electron chi connectivity index (χ4n) is 1.60. The second-order valence-corrected chi connectivity index (χ2v) is 6.15. The molecule has 106 valence electrons. The quantitative estimate of drug-likeness (QED) is 0.826. The summed E-state index contributed by atoms with van der Waals surface area (Å²) in [4.78, 5) is 28.2. The number of rotatable bonds is 2. The summed E-state index contributed by atoms with van der Waals surface area (Å²) in [6.07, 6.45) is -0.112. The summed E-state index contributed by atoms with van der Waals surface area (Å²) in [6.45, 7) is 0. The molecular weight excluding hydrogens is 323 g/mol. The fourth-order valence-corrected chi connectivity index (χ4v) is 3.11. The lowest BCUT2D eigenvalue weighted by Crippen LogP contribution is -2.45. The van der Waals surface area contributed by atoms with E-state index in [-0.39, 0.29) is 17.5 Å². The number of hydrogen-bond acceptors (Lipinski definition) is 5. The first-order valence-electron chi connectivity index (χ1n) is 5.55. The SMILES string of the molecule is CN1C(=O)C[C@@H](C(=O)[O-])SC1=Nc1cc(Cl)cc(Cl)c1. The Balaban J connectivity index is 2.35. The molecule has 1 atom stereocenters. The van der Waals surface area contributed by atoms with Crippen LogP contribution in [0.15, 0.2) is 23.2 Å². The van der Waals surface area contributed by atoms with E-state index in [0.717, 1.165) is 11.8 Å². The summed E-state index contributed by atoms with van der Waals surface area (Å²) < 4.78 is 0. The lowest BCUT2D eigenvalue weighted by molar-refractivity contribution is -0.304. The van der Waals surface area contributed by atoms with Crippen molar-refractivity contribution < 1.29 is 14.7 Å². The van der Waals surface area contributed by atoms with Crippen molar-refractivity contribution in [3.05, 3.63) is 28.2 Å². The molecule has 1 aliphatic heterocycles. The number of amidine groups is 1. The van der Waals surface area contributed by atoms with Gasteiger partial charge in [0.25, 0.3) is 0 Å². The Morgan fingerprint density at radius 2 is 2.00 bits per heavy atom. The van der Waals surface area contributed by atoms with Gasteiger partial charge in [0.05, 0.1) is 16.9 Å². The van der Waals surface area contributed by atoms with Gasteiger partial charge in [0, 0.05) is 23.5 Å². The first-order valence-corrected chi connectivity index (χ1v) is 7.19. The molecule has 0 bridgehead atoms. The van der Waals surface area contributed by atoms with Gasteiger partial charge in [0.2, 0.25) is 5.91 Å². The van der Waals surface area contributed by atoms with Crippen LogP contribution >= 0.6 is 35.0 Å². The Labute approximate surface area is 129 Å². The Bertz CT molecular complexity index is 586. The molecule has 0 radical (unpaired) electrons. The number of carboxylic acids is 1. The maximum atomic E-state index is 11.7. The van der Waals surface area contributed by atoms with Crippen LogP contribution in [-0.2, 0) is 9.59 Å². The lowest BCUT2D eigenvalue weighted by Gasteiger charge is -2.29. The van der Waals surface area contributed by atoms with E-state index < -0.39 is 11.2 Å². The molecule has 1 saturated heterocycles. The maximum absolute atomic E-state index is 11.7. The van der Waals surface area contributed by atoms with Crippen LogP contribution in [0.3, 0.4) is 0 Å². The molecule has 2 rings (SSSR count). The predicted octanol–water partition coefficient (Wildman–Crippen LogP) is 1.69. The molecule has 1 aromatic rings. The number of aliphatic carboxylic acids is 1. The number of hydrogen-bond donors (Lipinski definition) is 0.